The Hall–Kier alpha value is -2.93. The van der Waals surface area contributed by atoms with Crippen LogP contribution in [0.4, 0.5) is 11.4 Å². The number of hydrogen-bond donors (Lipinski definition) is 2. The van der Waals surface area contributed by atoms with E-state index in [9.17, 15) is 9.59 Å². The van der Waals surface area contributed by atoms with E-state index in [-0.39, 0.29) is 5.91 Å². The van der Waals surface area contributed by atoms with Crippen molar-refractivity contribution in [3.63, 3.8) is 0 Å². The topological polar surface area (TPSA) is 74.3 Å². The van der Waals surface area contributed by atoms with E-state index in [0.29, 0.717) is 50.6 Å². The summed E-state index contributed by atoms with van der Waals surface area (Å²) >= 11 is 13.2. The van der Waals surface area contributed by atoms with Gasteiger partial charge in [0.15, 0.2) is 0 Å². The molecule has 5 rings (SSSR count). The molecular weight excluding hydrogens is 495 g/mol. The van der Waals surface area contributed by atoms with Gasteiger partial charge in [-0.25, -0.2) is 0 Å². The number of carbonyl (C=O) groups is 2. The number of benzene rings is 2. The molecule has 6 nitrogen and oxygen atoms in total. The summed E-state index contributed by atoms with van der Waals surface area (Å²) in [6.07, 6.45) is 8.56. The average Bonchev–Trinajstić information content (AvgIpc) is 3.73. The molecule has 2 aliphatic rings. The SMILES string of the molecule is O=CNc1cccc(-c2cccc(NC(=O)c3cc(C4CC4)c(CN4CCCCC4)cn3)c2Cl)c1Cl. The molecule has 2 amide bonds. The van der Waals surface area contributed by atoms with Gasteiger partial charge >= 0.3 is 0 Å². The fourth-order valence-corrected chi connectivity index (χ4v) is 5.38. The van der Waals surface area contributed by atoms with Crippen molar-refractivity contribution < 1.29 is 9.59 Å². The fraction of sp³-hybridized carbons (Fsp3) is 0.321. The molecule has 2 fully saturated rings. The Morgan fingerprint density at radius 2 is 1.67 bits per heavy atom. The summed E-state index contributed by atoms with van der Waals surface area (Å²) in [4.78, 5) is 31.1. The minimum absolute atomic E-state index is 0.303. The van der Waals surface area contributed by atoms with E-state index in [1.165, 1.54) is 30.4 Å². The summed E-state index contributed by atoms with van der Waals surface area (Å²) in [7, 11) is 0. The first kappa shape index (κ1) is 24.8. The van der Waals surface area contributed by atoms with Gasteiger partial charge in [-0.1, -0.05) is 53.9 Å². The minimum Gasteiger partial charge on any atom is -0.327 e. The van der Waals surface area contributed by atoms with E-state index in [1.54, 1.807) is 24.3 Å². The van der Waals surface area contributed by atoms with E-state index in [0.717, 1.165) is 32.5 Å². The lowest BCUT2D eigenvalue weighted by atomic mass is 10.0. The molecular formula is C28H28Cl2N4O2. The van der Waals surface area contributed by atoms with Crippen LogP contribution in [0, 0.1) is 0 Å². The van der Waals surface area contributed by atoms with E-state index in [4.69, 9.17) is 23.2 Å². The predicted molar refractivity (Wildman–Crippen MR) is 145 cm³/mol. The van der Waals surface area contributed by atoms with Gasteiger partial charge in [-0.15, -0.1) is 0 Å². The number of carbonyl (C=O) groups excluding carboxylic acids is 2. The standard InChI is InChI=1S/C28H28Cl2N4O2/c29-26-20(6-4-8-23(26)32-17-35)21-7-5-9-24(27(21)30)33-28(36)25-14-22(18-10-11-18)19(15-31-25)16-34-12-2-1-3-13-34/h4-9,14-15,17-18H,1-3,10-13,16H2,(H,32,35)(H,33,36). The van der Waals surface area contributed by atoms with Crippen LogP contribution in [-0.2, 0) is 11.3 Å². The third kappa shape index (κ3) is 5.41. The van der Waals surface area contributed by atoms with Crippen molar-refractivity contribution in [2.24, 2.45) is 0 Å². The number of aromatic nitrogens is 1. The molecule has 1 saturated heterocycles. The highest BCUT2D eigenvalue weighted by Gasteiger charge is 2.28. The lowest BCUT2D eigenvalue weighted by Gasteiger charge is -2.27. The number of nitrogens with zero attached hydrogens (tertiary/aromatic N) is 2. The largest absolute Gasteiger partial charge is 0.327 e. The van der Waals surface area contributed by atoms with Crippen LogP contribution in [0.25, 0.3) is 11.1 Å². The number of nitrogens with one attached hydrogen (secondary N) is 2. The average molecular weight is 523 g/mol. The second kappa shape index (κ2) is 11.0. The third-order valence-electron chi connectivity index (χ3n) is 6.87. The van der Waals surface area contributed by atoms with E-state index < -0.39 is 0 Å². The quantitative estimate of drug-likeness (QED) is 0.321. The molecule has 0 atom stereocenters. The first-order chi connectivity index (χ1) is 17.5. The number of likely N-dealkylation sites (tertiary alicyclic amines) is 1. The van der Waals surface area contributed by atoms with Crippen molar-refractivity contribution in [2.45, 2.75) is 44.6 Å². The molecule has 8 heteroatoms. The van der Waals surface area contributed by atoms with Gasteiger partial charge in [-0.05, 0) is 74.0 Å². The number of anilines is 2. The van der Waals surface area contributed by atoms with Crippen LogP contribution in [0.1, 0.15) is 59.6 Å². The van der Waals surface area contributed by atoms with Crippen molar-refractivity contribution in [1.29, 1.82) is 0 Å². The highest BCUT2D eigenvalue weighted by molar-refractivity contribution is 6.39. The van der Waals surface area contributed by atoms with Crippen molar-refractivity contribution in [1.82, 2.24) is 9.88 Å². The second-order valence-corrected chi connectivity index (χ2v) is 10.2. The van der Waals surface area contributed by atoms with Crippen LogP contribution >= 0.6 is 23.2 Å². The number of halogens is 2. The maximum absolute atomic E-state index is 13.2. The highest BCUT2D eigenvalue weighted by Crippen LogP contribution is 2.43. The zero-order valence-corrected chi connectivity index (χ0v) is 21.4. The number of piperidine rings is 1. The van der Waals surface area contributed by atoms with Crippen LogP contribution in [0.3, 0.4) is 0 Å². The van der Waals surface area contributed by atoms with Crippen LogP contribution in [0.2, 0.25) is 10.0 Å². The maximum atomic E-state index is 13.2. The van der Waals surface area contributed by atoms with Crippen molar-refractivity contribution >= 4 is 46.9 Å². The molecule has 3 aromatic rings. The molecule has 2 heterocycles. The second-order valence-electron chi connectivity index (χ2n) is 9.43. The highest BCUT2D eigenvalue weighted by atomic mass is 35.5. The first-order valence-electron chi connectivity index (χ1n) is 12.3. The molecule has 1 aromatic heterocycles. The molecule has 0 spiro atoms. The normalized spacial score (nSPS) is 15.9. The van der Waals surface area contributed by atoms with Crippen LogP contribution < -0.4 is 10.6 Å². The smallest absolute Gasteiger partial charge is 0.274 e. The van der Waals surface area contributed by atoms with Gasteiger partial charge in [0, 0.05) is 23.9 Å². The summed E-state index contributed by atoms with van der Waals surface area (Å²) in [6, 6.07) is 12.6. The summed E-state index contributed by atoms with van der Waals surface area (Å²) in [5, 5.41) is 6.24. The Labute approximate surface area is 221 Å². The molecule has 0 unspecified atom stereocenters. The number of pyridine rings is 1. The Balaban J connectivity index is 1.38. The zero-order chi connectivity index (χ0) is 25.1. The number of hydrogen-bond acceptors (Lipinski definition) is 4. The summed E-state index contributed by atoms with van der Waals surface area (Å²) < 4.78 is 0. The summed E-state index contributed by atoms with van der Waals surface area (Å²) in [5.74, 6) is 0.212. The number of amides is 2. The van der Waals surface area contributed by atoms with Crippen LogP contribution in [-0.4, -0.2) is 35.3 Å². The Morgan fingerprint density at radius 3 is 2.33 bits per heavy atom. The first-order valence-corrected chi connectivity index (χ1v) is 13.1. The minimum atomic E-state index is -0.303. The van der Waals surface area contributed by atoms with Gasteiger partial charge in [0.1, 0.15) is 5.69 Å². The van der Waals surface area contributed by atoms with Gasteiger partial charge in [-0.3, -0.25) is 19.5 Å². The van der Waals surface area contributed by atoms with Gasteiger partial charge in [0.05, 0.1) is 21.4 Å². The molecule has 2 N–H and O–H groups in total. The van der Waals surface area contributed by atoms with Crippen LogP contribution in [0.15, 0.2) is 48.7 Å². The third-order valence-corrected chi connectivity index (χ3v) is 7.68. The van der Waals surface area contributed by atoms with Gasteiger partial charge in [0.2, 0.25) is 6.41 Å². The molecule has 0 radical (unpaired) electrons. The molecule has 2 aromatic carbocycles. The van der Waals surface area contributed by atoms with Gasteiger partial charge in [-0.2, -0.15) is 0 Å². The Kier molecular flexibility index (Phi) is 7.56. The van der Waals surface area contributed by atoms with Crippen molar-refractivity contribution in [3.8, 4) is 11.1 Å². The monoisotopic (exact) mass is 522 g/mol. The van der Waals surface area contributed by atoms with E-state index >= 15 is 0 Å². The summed E-state index contributed by atoms with van der Waals surface area (Å²) in [6.45, 7) is 3.14. The van der Waals surface area contributed by atoms with E-state index in [1.807, 2.05) is 24.4 Å². The number of rotatable bonds is 8. The van der Waals surface area contributed by atoms with Gasteiger partial charge in [0.25, 0.3) is 5.91 Å². The predicted octanol–water partition coefficient (Wildman–Crippen LogP) is 6.74. The molecule has 1 saturated carbocycles. The molecule has 1 aliphatic heterocycles. The lowest BCUT2D eigenvalue weighted by Crippen LogP contribution is -2.29. The Morgan fingerprint density at radius 1 is 1.00 bits per heavy atom. The lowest BCUT2D eigenvalue weighted by molar-refractivity contribution is -0.105. The van der Waals surface area contributed by atoms with E-state index in [2.05, 4.69) is 20.5 Å². The zero-order valence-electron chi connectivity index (χ0n) is 19.9. The molecule has 1 aliphatic carbocycles. The van der Waals surface area contributed by atoms with Crippen LogP contribution in [0.5, 0.6) is 0 Å². The maximum Gasteiger partial charge on any atom is 0.274 e. The van der Waals surface area contributed by atoms with Crippen molar-refractivity contribution in [2.75, 3.05) is 23.7 Å². The molecule has 186 valence electrons. The van der Waals surface area contributed by atoms with Crippen molar-refractivity contribution in [3.05, 3.63) is 75.5 Å². The Bertz CT molecular complexity index is 1290. The van der Waals surface area contributed by atoms with Gasteiger partial charge < -0.3 is 10.6 Å². The summed E-state index contributed by atoms with van der Waals surface area (Å²) in [5.41, 5.74) is 5.11. The molecule has 36 heavy (non-hydrogen) atoms. The fourth-order valence-electron chi connectivity index (χ4n) is 4.83. The molecule has 0 bridgehead atoms.